The highest BCUT2D eigenvalue weighted by Crippen LogP contribution is 2.24. The summed E-state index contributed by atoms with van der Waals surface area (Å²) in [6.45, 7) is 1.28. The number of methoxy groups -OCH3 is 1. The van der Waals surface area contributed by atoms with E-state index in [1.54, 1.807) is 30.3 Å². The molecule has 0 aliphatic carbocycles. The summed E-state index contributed by atoms with van der Waals surface area (Å²) in [7, 11) is -2.42. The third kappa shape index (κ3) is 4.11. The van der Waals surface area contributed by atoms with Crippen LogP contribution in [0.3, 0.4) is 0 Å². The first-order chi connectivity index (χ1) is 11.3. The van der Waals surface area contributed by atoms with Crippen molar-refractivity contribution in [3.05, 3.63) is 59.9 Å². The average Bonchev–Trinajstić information content (AvgIpc) is 2.56. The quantitative estimate of drug-likeness (QED) is 0.869. The average molecular weight is 351 g/mol. The normalized spacial score (nSPS) is 12.5. The lowest BCUT2D eigenvalue weighted by Crippen LogP contribution is -2.33. The van der Waals surface area contributed by atoms with Crippen LogP contribution in [0, 0.1) is 5.82 Å². The highest BCUT2D eigenvalue weighted by Gasteiger charge is 2.29. The third-order valence-electron chi connectivity index (χ3n) is 3.59. The minimum absolute atomic E-state index is 0.0365. The molecule has 5 nitrogen and oxygen atoms in total. The van der Waals surface area contributed by atoms with Crippen LogP contribution in [0.15, 0.2) is 48.5 Å². The Morgan fingerprint density at radius 1 is 1.17 bits per heavy atom. The van der Waals surface area contributed by atoms with E-state index in [9.17, 15) is 17.6 Å². The first-order valence-electron chi connectivity index (χ1n) is 7.24. The molecule has 0 aliphatic heterocycles. The Hall–Kier alpha value is -2.41. The summed E-state index contributed by atoms with van der Waals surface area (Å²) in [4.78, 5) is 12.3. The second kappa shape index (κ2) is 7.44. The van der Waals surface area contributed by atoms with E-state index < -0.39 is 32.6 Å². The van der Waals surface area contributed by atoms with E-state index in [1.807, 2.05) is 0 Å². The Morgan fingerprint density at radius 2 is 1.79 bits per heavy atom. The van der Waals surface area contributed by atoms with E-state index in [0.717, 1.165) is 0 Å². The first kappa shape index (κ1) is 17.9. The number of para-hydroxylation sites is 2. The summed E-state index contributed by atoms with van der Waals surface area (Å²) in [5.41, 5.74) is 0.410. The van der Waals surface area contributed by atoms with Crippen LogP contribution in [0.1, 0.15) is 12.5 Å². The molecule has 1 N–H and O–H groups in total. The summed E-state index contributed by atoms with van der Waals surface area (Å²) in [5.74, 6) is -1.43. The van der Waals surface area contributed by atoms with Crippen molar-refractivity contribution in [3.63, 3.8) is 0 Å². The number of benzene rings is 2. The maximum absolute atomic E-state index is 13.6. The first-order valence-corrected chi connectivity index (χ1v) is 8.95. The number of hydrogen-bond acceptors (Lipinski definition) is 4. The minimum Gasteiger partial charge on any atom is -0.495 e. The maximum Gasteiger partial charge on any atom is 0.242 e. The fourth-order valence-corrected chi connectivity index (χ4v) is 3.41. The molecule has 24 heavy (non-hydrogen) atoms. The maximum atomic E-state index is 13.6. The van der Waals surface area contributed by atoms with Gasteiger partial charge in [-0.25, -0.2) is 12.8 Å². The predicted molar refractivity (Wildman–Crippen MR) is 90.1 cm³/mol. The molecule has 0 saturated heterocycles. The molecule has 0 spiro atoms. The van der Waals surface area contributed by atoms with Gasteiger partial charge in [0.15, 0.2) is 9.84 Å². The van der Waals surface area contributed by atoms with Crippen LogP contribution in [0.25, 0.3) is 0 Å². The highest BCUT2D eigenvalue weighted by atomic mass is 32.2. The molecule has 2 rings (SSSR count). The van der Waals surface area contributed by atoms with Crippen molar-refractivity contribution in [3.8, 4) is 5.75 Å². The molecule has 1 atom stereocenters. The van der Waals surface area contributed by atoms with Gasteiger partial charge in [0.2, 0.25) is 5.91 Å². The van der Waals surface area contributed by atoms with E-state index in [-0.39, 0.29) is 5.56 Å². The molecule has 0 bridgehead atoms. The highest BCUT2D eigenvalue weighted by molar-refractivity contribution is 7.92. The summed E-state index contributed by atoms with van der Waals surface area (Å²) in [6.07, 6.45) is 0. The summed E-state index contributed by atoms with van der Waals surface area (Å²) in [6, 6.07) is 12.3. The molecular formula is C17H18FNO4S. The van der Waals surface area contributed by atoms with E-state index in [4.69, 9.17) is 4.74 Å². The van der Waals surface area contributed by atoms with Gasteiger partial charge in [-0.1, -0.05) is 30.3 Å². The lowest BCUT2D eigenvalue weighted by molar-refractivity contribution is -0.115. The zero-order valence-electron chi connectivity index (χ0n) is 13.3. The molecule has 0 aromatic heterocycles. The van der Waals surface area contributed by atoms with Gasteiger partial charge in [0.1, 0.15) is 16.8 Å². The van der Waals surface area contributed by atoms with Gasteiger partial charge in [-0.2, -0.15) is 0 Å². The van der Waals surface area contributed by atoms with Crippen molar-refractivity contribution >= 4 is 21.4 Å². The van der Waals surface area contributed by atoms with Gasteiger partial charge in [0.25, 0.3) is 0 Å². The Morgan fingerprint density at radius 3 is 2.46 bits per heavy atom. The Bertz CT molecular complexity index is 836. The van der Waals surface area contributed by atoms with Gasteiger partial charge >= 0.3 is 0 Å². The lowest BCUT2D eigenvalue weighted by atomic mass is 10.2. The molecule has 7 heteroatoms. The van der Waals surface area contributed by atoms with Crippen molar-refractivity contribution in [1.29, 1.82) is 0 Å². The number of anilines is 1. The Kier molecular flexibility index (Phi) is 5.56. The van der Waals surface area contributed by atoms with Gasteiger partial charge in [-0.05, 0) is 25.1 Å². The number of nitrogens with one attached hydrogen (secondary N) is 1. The van der Waals surface area contributed by atoms with Crippen LogP contribution in [-0.4, -0.2) is 26.7 Å². The molecule has 0 heterocycles. The van der Waals surface area contributed by atoms with Crippen molar-refractivity contribution in [1.82, 2.24) is 0 Å². The van der Waals surface area contributed by atoms with Gasteiger partial charge < -0.3 is 10.1 Å². The van der Waals surface area contributed by atoms with E-state index >= 15 is 0 Å². The minimum atomic E-state index is -3.87. The molecule has 0 fully saturated rings. The Labute approximate surface area is 140 Å². The van der Waals surface area contributed by atoms with Crippen molar-refractivity contribution in [2.45, 2.75) is 17.9 Å². The number of ether oxygens (including phenoxy) is 1. The number of sulfone groups is 1. The van der Waals surface area contributed by atoms with E-state index in [1.165, 1.54) is 32.2 Å². The van der Waals surface area contributed by atoms with Crippen LogP contribution < -0.4 is 10.1 Å². The van der Waals surface area contributed by atoms with Gasteiger partial charge in [0.05, 0.1) is 18.6 Å². The van der Waals surface area contributed by atoms with Gasteiger partial charge in [0, 0.05) is 5.56 Å². The van der Waals surface area contributed by atoms with E-state index in [2.05, 4.69) is 5.32 Å². The SMILES string of the molecule is COc1ccccc1NC(=O)C(C)S(=O)(=O)Cc1ccccc1F. The van der Waals surface area contributed by atoms with Crippen molar-refractivity contribution in [2.75, 3.05) is 12.4 Å². The fourth-order valence-electron chi connectivity index (χ4n) is 2.10. The number of carbonyl (C=O) groups is 1. The fraction of sp³-hybridized carbons (Fsp3) is 0.235. The molecule has 0 aliphatic rings. The van der Waals surface area contributed by atoms with Crippen LogP contribution in [0.2, 0.25) is 0 Å². The number of rotatable bonds is 6. The molecule has 0 radical (unpaired) electrons. The zero-order chi connectivity index (χ0) is 17.7. The second-order valence-corrected chi connectivity index (χ2v) is 7.55. The van der Waals surface area contributed by atoms with Gasteiger partial charge in [-0.3, -0.25) is 4.79 Å². The predicted octanol–water partition coefficient (Wildman–Crippen LogP) is 2.78. The van der Waals surface area contributed by atoms with Crippen molar-refractivity contribution < 1.29 is 22.3 Å². The lowest BCUT2D eigenvalue weighted by Gasteiger charge is -2.15. The Balaban J connectivity index is 2.16. The number of hydrogen-bond donors (Lipinski definition) is 1. The standard InChI is InChI=1S/C17H18FNO4S/c1-12(17(20)19-15-9-5-6-10-16(15)23-2)24(21,22)11-13-7-3-4-8-14(13)18/h3-10,12H,11H2,1-2H3,(H,19,20). The van der Waals surface area contributed by atoms with Crippen molar-refractivity contribution in [2.24, 2.45) is 0 Å². The molecule has 1 unspecified atom stereocenters. The topological polar surface area (TPSA) is 72.5 Å². The van der Waals surface area contributed by atoms with E-state index in [0.29, 0.717) is 11.4 Å². The van der Waals surface area contributed by atoms with Crippen LogP contribution >= 0.6 is 0 Å². The molecule has 2 aromatic carbocycles. The molecule has 128 valence electrons. The molecular weight excluding hydrogens is 333 g/mol. The monoisotopic (exact) mass is 351 g/mol. The molecule has 0 saturated carbocycles. The number of halogens is 1. The zero-order valence-corrected chi connectivity index (χ0v) is 14.1. The van der Waals surface area contributed by atoms with Crippen LogP contribution in [-0.2, 0) is 20.4 Å². The van der Waals surface area contributed by atoms with Crippen LogP contribution in [0.5, 0.6) is 5.75 Å². The largest absolute Gasteiger partial charge is 0.495 e. The van der Waals surface area contributed by atoms with Crippen LogP contribution in [0.4, 0.5) is 10.1 Å². The smallest absolute Gasteiger partial charge is 0.242 e. The van der Waals surface area contributed by atoms with Gasteiger partial charge in [-0.15, -0.1) is 0 Å². The summed E-state index contributed by atoms with van der Waals surface area (Å²) in [5, 5.41) is 1.20. The molecule has 1 amide bonds. The number of carbonyl (C=O) groups excluding carboxylic acids is 1. The third-order valence-corrected chi connectivity index (χ3v) is 5.59. The number of amides is 1. The summed E-state index contributed by atoms with van der Waals surface area (Å²) >= 11 is 0. The second-order valence-electron chi connectivity index (χ2n) is 5.23. The molecule has 2 aromatic rings. The summed E-state index contributed by atoms with van der Waals surface area (Å²) < 4.78 is 43.5.